The number of hydrogen-bond acceptors (Lipinski definition) is 1. The van der Waals surface area contributed by atoms with Crippen LogP contribution in [0.25, 0.3) is 0 Å². The number of rotatable bonds is 0. The minimum atomic E-state index is 0.413. The molecular formula is C9H10O. The average Bonchev–Trinajstić information content (AvgIpc) is 2.46. The third kappa shape index (κ3) is 0.541. The van der Waals surface area contributed by atoms with Gasteiger partial charge in [-0.1, -0.05) is 5.92 Å². The first-order chi connectivity index (χ1) is 4.83. The van der Waals surface area contributed by atoms with Crippen LogP contribution < -0.4 is 0 Å². The Kier molecular flexibility index (Phi) is 1.05. The maximum absolute atomic E-state index is 9.42. The van der Waals surface area contributed by atoms with Crippen LogP contribution in [0.2, 0.25) is 0 Å². The SMILES string of the molecule is C#CC1=C(O)[C@H]2CC[C@@H]1C2. The topological polar surface area (TPSA) is 20.2 Å². The van der Waals surface area contributed by atoms with Gasteiger partial charge in [0.2, 0.25) is 0 Å². The standard InChI is InChI=1S/C9H10O/c1-2-8-6-3-4-7(5-6)9(8)10/h1,6-7,10H,3-5H2/t6-,7+/m1/s1. The van der Waals surface area contributed by atoms with Crippen LogP contribution in [0.15, 0.2) is 11.3 Å². The Hall–Kier alpha value is -0.900. The van der Waals surface area contributed by atoms with Gasteiger partial charge in [-0.15, -0.1) is 6.42 Å². The highest BCUT2D eigenvalue weighted by Crippen LogP contribution is 2.46. The Bertz CT molecular complexity index is 232. The highest BCUT2D eigenvalue weighted by Gasteiger charge is 2.38. The largest absolute Gasteiger partial charge is 0.511 e. The van der Waals surface area contributed by atoms with Gasteiger partial charge in [-0.25, -0.2) is 0 Å². The lowest BCUT2D eigenvalue weighted by atomic mass is 9.98. The van der Waals surface area contributed by atoms with Crippen molar-refractivity contribution in [3.63, 3.8) is 0 Å². The van der Waals surface area contributed by atoms with E-state index < -0.39 is 0 Å². The van der Waals surface area contributed by atoms with Crippen LogP contribution in [0.5, 0.6) is 0 Å². The number of allylic oxidation sites excluding steroid dienone is 2. The third-order valence-corrected chi connectivity index (χ3v) is 2.66. The van der Waals surface area contributed by atoms with Crippen molar-refractivity contribution in [2.75, 3.05) is 0 Å². The van der Waals surface area contributed by atoms with Crippen LogP contribution in [0.1, 0.15) is 19.3 Å². The summed E-state index contributed by atoms with van der Waals surface area (Å²) in [6.07, 6.45) is 8.67. The molecule has 0 aromatic rings. The first-order valence-electron chi connectivity index (χ1n) is 3.72. The molecule has 52 valence electrons. The molecule has 10 heavy (non-hydrogen) atoms. The lowest BCUT2D eigenvalue weighted by Gasteiger charge is -2.09. The molecule has 0 unspecified atom stereocenters. The van der Waals surface area contributed by atoms with Crippen molar-refractivity contribution in [1.29, 1.82) is 0 Å². The Morgan fingerprint density at radius 1 is 1.40 bits per heavy atom. The highest BCUT2D eigenvalue weighted by atomic mass is 16.3. The van der Waals surface area contributed by atoms with E-state index in [0.29, 0.717) is 17.6 Å². The summed E-state index contributed by atoms with van der Waals surface area (Å²) in [5.74, 6) is 4.02. The van der Waals surface area contributed by atoms with Gasteiger partial charge in [0, 0.05) is 11.5 Å². The molecule has 2 bridgehead atoms. The van der Waals surface area contributed by atoms with Crippen molar-refractivity contribution in [1.82, 2.24) is 0 Å². The highest BCUT2D eigenvalue weighted by molar-refractivity contribution is 5.37. The van der Waals surface area contributed by atoms with Crippen molar-refractivity contribution in [3.05, 3.63) is 11.3 Å². The number of aliphatic hydroxyl groups is 1. The second-order valence-electron chi connectivity index (χ2n) is 3.15. The molecular weight excluding hydrogens is 124 g/mol. The lowest BCUT2D eigenvalue weighted by Crippen LogP contribution is -2.00. The molecule has 0 spiro atoms. The summed E-state index contributed by atoms with van der Waals surface area (Å²) in [6, 6.07) is 0. The molecule has 2 aliphatic carbocycles. The van der Waals surface area contributed by atoms with Crippen LogP contribution in [-0.4, -0.2) is 5.11 Å². The van der Waals surface area contributed by atoms with E-state index in [1.165, 1.54) is 6.42 Å². The van der Waals surface area contributed by atoms with Crippen molar-refractivity contribution in [2.45, 2.75) is 19.3 Å². The smallest absolute Gasteiger partial charge is 0.107 e. The fraction of sp³-hybridized carbons (Fsp3) is 0.556. The van der Waals surface area contributed by atoms with E-state index in [-0.39, 0.29) is 0 Å². The molecule has 0 saturated heterocycles. The molecule has 0 amide bonds. The Morgan fingerprint density at radius 2 is 2.10 bits per heavy atom. The molecule has 2 aliphatic rings. The monoisotopic (exact) mass is 134 g/mol. The lowest BCUT2D eigenvalue weighted by molar-refractivity contribution is 0.336. The van der Waals surface area contributed by atoms with Gasteiger partial charge in [0.25, 0.3) is 0 Å². The summed E-state index contributed by atoms with van der Waals surface area (Å²) in [4.78, 5) is 0. The van der Waals surface area contributed by atoms with Crippen molar-refractivity contribution in [3.8, 4) is 12.3 Å². The van der Waals surface area contributed by atoms with Gasteiger partial charge >= 0.3 is 0 Å². The van der Waals surface area contributed by atoms with E-state index in [2.05, 4.69) is 5.92 Å². The van der Waals surface area contributed by atoms with Crippen molar-refractivity contribution < 1.29 is 5.11 Å². The van der Waals surface area contributed by atoms with Gasteiger partial charge < -0.3 is 5.11 Å². The minimum Gasteiger partial charge on any atom is -0.511 e. The zero-order chi connectivity index (χ0) is 7.14. The third-order valence-electron chi connectivity index (χ3n) is 2.66. The van der Waals surface area contributed by atoms with E-state index in [0.717, 1.165) is 18.4 Å². The van der Waals surface area contributed by atoms with E-state index >= 15 is 0 Å². The van der Waals surface area contributed by atoms with Crippen molar-refractivity contribution in [2.24, 2.45) is 11.8 Å². The summed E-state index contributed by atoms with van der Waals surface area (Å²) in [5, 5.41) is 9.42. The zero-order valence-corrected chi connectivity index (χ0v) is 5.80. The summed E-state index contributed by atoms with van der Waals surface area (Å²) in [5.41, 5.74) is 0.885. The summed E-state index contributed by atoms with van der Waals surface area (Å²) >= 11 is 0. The van der Waals surface area contributed by atoms with Gasteiger partial charge in [-0.3, -0.25) is 0 Å². The summed E-state index contributed by atoms with van der Waals surface area (Å²) in [7, 11) is 0. The predicted molar refractivity (Wildman–Crippen MR) is 39.3 cm³/mol. The summed E-state index contributed by atoms with van der Waals surface area (Å²) in [6.45, 7) is 0. The first kappa shape index (κ1) is 5.85. The second kappa shape index (κ2) is 1.79. The average molecular weight is 134 g/mol. The molecule has 1 heteroatoms. The van der Waals surface area contributed by atoms with E-state index in [1.54, 1.807) is 0 Å². The molecule has 1 N–H and O–H groups in total. The fourth-order valence-electron chi connectivity index (χ4n) is 2.11. The van der Waals surface area contributed by atoms with Crippen LogP contribution in [0.4, 0.5) is 0 Å². The van der Waals surface area contributed by atoms with Gasteiger partial charge in [-0.05, 0) is 25.2 Å². The molecule has 0 aromatic heterocycles. The van der Waals surface area contributed by atoms with Crippen LogP contribution >= 0.6 is 0 Å². The number of hydrogen-bond donors (Lipinski definition) is 1. The number of fused-ring (bicyclic) bond motifs is 2. The molecule has 2 atom stereocenters. The van der Waals surface area contributed by atoms with Crippen molar-refractivity contribution >= 4 is 0 Å². The molecule has 1 fully saturated rings. The predicted octanol–water partition coefficient (Wildman–Crippen LogP) is 1.86. The molecule has 0 radical (unpaired) electrons. The van der Waals surface area contributed by atoms with Gasteiger partial charge in [0.15, 0.2) is 0 Å². The van der Waals surface area contributed by atoms with Gasteiger partial charge in [0.1, 0.15) is 5.76 Å². The van der Waals surface area contributed by atoms with E-state index in [4.69, 9.17) is 6.42 Å². The maximum Gasteiger partial charge on any atom is 0.107 e. The van der Waals surface area contributed by atoms with E-state index in [9.17, 15) is 5.11 Å². The molecule has 2 rings (SSSR count). The van der Waals surface area contributed by atoms with E-state index in [1.807, 2.05) is 0 Å². The number of aliphatic hydroxyl groups excluding tert-OH is 1. The fourth-order valence-corrected chi connectivity index (χ4v) is 2.11. The Morgan fingerprint density at radius 3 is 2.50 bits per heavy atom. The van der Waals surface area contributed by atoms with Gasteiger partial charge in [0.05, 0.1) is 0 Å². The minimum absolute atomic E-state index is 0.413. The zero-order valence-electron chi connectivity index (χ0n) is 5.80. The maximum atomic E-state index is 9.42. The van der Waals surface area contributed by atoms with Crippen LogP contribution in [-0.2, 0) is 0 Å². The molecule has 0 aromatic carbocycles. The summed E-state index contributed by atoms with van der Waals surface area (Å²) < 4.78 is 0. The number of terminal acetylenes is 1. The van der Waals surface area contributed by atoms with Gasteiger partial charge in [-0.2, -0.15) is 0 Å². The molecule has 1 nitrogen and oxygen atoms in total. The van der Waals surface area contributed by atoms with Crippen LogP contribution in [0, 0.1) is 24.2 Å². The molecule has 0 aliphatic heterocycles. The molecule has 0 heterocycles. The van der Waals surface area contributed by atoms with Crippen LogP contribution in [0.3, 0.4) is 0 Å². The second-order valence-corrected chi connectivity index (χ2v) is 3.15. The Balaban J connectivity index is 2.40. The Labute approximate surface area is 60.8 Å². The first-order valence-corrected chi connectivity index (χ1v) is 3.72. The molecule has 1 saturated carbocycles. The normalized spacial score (nSPS) is 36.7. The quantitative estimate of drug-likeness (QED) is 0.501.